The molecule has 1 unspecified atom stereocenters. The van der Waals surface area contributed by atoms with Crippen molar-refractivity contribution in [2.24, 2.45) is 11.7 Å². The zero-order valence-electron chi connectivity index (χ0n) is 6.53. The summed E-state index contributed by atoms with van der Waals surface area (Å²) in [5.74, 6) is -2.18. The van der Waals surface area contributed by atoms with Crippen LogP contribution in [0, 0.1) is 5.92 Å². The van der Waals surface area contributed by atoms with Crippen LogP contribution in [0.4, 0.5) is 0 Å². The highest BCUT2D eigenvalue weighted by molar-refractivity contribution is 5.82. The maximum atomic E-state index is 10.5. The van der Waals surface area contributed by atoms with E-state index in [1.54, 1.807) is 0 Å². The Morgan fingerprint density at radius 3 is 2.58 bits per heavy atom. The Morgan fingerprint density at radius 2 is 2.25 bits per heavy atom. The molecule has 0 aliphatic rings. The number of primary amides is 1. The standard InChI is InChI=1S/C7H11NO4/c1-2-6(10)12-4-5(3-9)7(8)11/h2,5,9H,1,3-4H2,(H2,8,11). The third-order valence-electron chi connectivity index (χ3n) is 1.22. The first kappa shape index (κ1) is 10.6. The summed E-state index contributed by atoms with van der Waals surface area (Å²) >= 11 is 0. The van der Waals surface area contributed by atoms with Gasteiger partial charge in [-0.05, 0) is 0 Å². The summed E-state index contributed by atoms with van der Waals surface area (Å²) in [7, 11) is 0. The Balaban J connectivity index is 3.80. The van der Waals surface area contributed by atoms with Crippen LogP contribution >= 0.6 is 0 Å². The van der Waals surface area contributed by atoms with Gasteiger partial charge in [-0.3, -0.25) is 4.79 Å². The van der Waals surface area contributed by atoms with Crippen molar-refractivity contribution in [3.05, 3.63) is 12.7 Å². The number of amides is 1. The van der Waals surface area contributed by atoms with Crippen LogP contribution in [0.5, 0.6) is 0 Å². The molecule has 5 heteroatoms. The minimum absolute atomic E-state index is 0.212. The third kappa shape index (κ3) is 3.72. The molecule has 0 aliphatic heterocycles. The number of esters is 1. The largest absolute Gasteiger partial charge is 0.462 e. The molecule has 0 bridgehead atoms. The molecular formula is C7H11NO4. The highest BCUT2D eigenvalue weighted by Gasteiger charge is 2.15. The van der Waals surface area contributed by atoms with E-state index in [9.17, 15) is 9.59 Å². The summed E-state index contributed by atoms with van der Waals surface area (Å²) in [6.07, 6.45) is 0.968. The van der Waals surface area contributed by atoms with Gasteiger partial charge in [-0.2, -0.15) is 0 Å². The molecule has 0 heterocycles. The number of rotatable bonds is 5. The maximum Gasteiger partial charge on any atom is 0.330 e. The Bertz CT molecular complexity index is 190. The van der Waals surface area contributed by atoms with Gasteiger partial charge in [0.15, 0.2) is 0 Å². The Hall–Kier alpha value is -1.36. The number of hydrogen-bond donors (Lipinski definition) is 2. The number of aliphatic hydroxyl groups is 1. The first-order valence-electron chi connectivity index (χ1n) is 3.31. The lowest BCUT2D eigenvalue weighted by Gasteiger charge is -2.08. The first-order chi connectivity index (χ1) is 5.61. The second-order valence-electron chi connectivity index (χ2n) is 2.12. The smallest absolute Gasteiger partial charge is 0.330 e. The van der Waals surface area contributed by atoms with Crippen molar-refractivity contribution in [2.75, 3.05) is 13.2 Å². The highest BCUT2D eigenvalue weighted by atomic mass is 16.5. The Morgan fingerprint density at radius 1 is 1.67 bits per heavy atom. The van der Waals surface area contributed by atoms with E-state index in [4.69, 9.17) is 10.8 Å². The van der Waals surface area contributed by atoms with Gasteiger partial charge >= 0.3 is 5.97 Å². The van der Waals surface area contributed by atoms with E-state index in [0.717, 1.165) is 6.08 Å². The molecule has 0 radical (unpaired) electrons. The van der Waals surface area contributed by atoms with Gasteiger partial charge in [-0.25, -0.2) is 4.79 Å². The Kier molecular flexibility index (Phi) is 4.71. The molecule has 0 spiro atoms. The normalized spacial score (nSPS) is 11.8. The quantitative estimate of drug-likeness (QED) is 0.404. The summed E-state index contributed by atoms with van der Waals surface area (Å²) < 4.78 is 4.49. The van der Waals surface area contributed by atoms with Crippen molar-refractivity contribution < 1.29 is 19.4 Å². The summed E-state index contributed by atoms with van der Waals surface area (Å²) in [5.41, 5.74) is 4.86. The van der Waals surface area contributed by atoms with Gasteiger partial charge < -0.3 is 15.6 Å². The molecule has 0 fully saturated rings. The van der Waals surface area contributed by atoms with Gasteiger partial charge in [0.2, 0.25) is 5.91 Å². The van der Waals surface area contributed by atoms with Crippen LogP contribution in [-0.2, 0) is 14.3 Å². The molecule has 0 saturated carbocycles. The summed E-state index contributed by atoms with van der Waals surface area (Å²) in [4.78, 5) is 21.0. The summed E-state index contributed by atoms with van der Waals surface area (Å²) in [6.45, 7) is 2.51. The number of carbonyl (C=O) groups is 2. The van der Waals surface area contributed by atoms with Crippen LogP contribution < -0.4 is 5.73 Å². The average molecular weight is 173 g/mol. The second-order valence-corrected chi connectivity index (χ2v) is 2.12. The zero-order valence-corrected chi connectivity index (χ0v) is 6.53. The number of ether oxygens (including phenoxy) is 1. The molecule has 0 saturated heterocycles. The molecule has 12 heavy (non-hydrogen) atoms. The topological polar surface area (TPSA) is 89.6 Å². The minimum Gasteiger partial charge on any atom is -0.462 e. The fourth-order valence-electron chi connectivity index (χ4n) is 0.466. The number of aliphatic hydroxyl groups excluding tert-OH is 1. The second kappa shape index (κ2) is 5.31. The van der Waals surface area contributed by atoms with E-state index in [1.165, 1.54) is 0 Å². The van der Waals surface area contributed by atoms with Gasteiger partial charge in [-0.15, -0.1) is 0 Å². The molecule has 0 aromatic carbocycles. The van der Waals surface area contributed by atoms with Gasteiger partial charge in [0.05, 0.1) is 12.5 Å². The lowest BCUT2D eigenvalue weighted by atomic mass is 10.2. The van der Waals surface area contributed by atoms with Gasteiger partial charge in [-0.1, -0.05) is 6.58 Å². The Labute approximate surface area is 69.8 Å². The lowest BCUT2D eigenvalue weighted by Crippen LogP contribution is -2.30. The zero-order chi connectivity index (χ0) is 9.56. The van der Waals surface area contributed by atoms with Crippen molar-refractivity contribution in [3.63, 3.8) is 0 Å². The van der Waals surface area contributed by atoms with Crippen LogP contribution in [0.3, 0.4) is 0 Å². The first-order valence-corrected chi connectivity index (χ1v) is 3.31. The van der Waals surface area contributed by atoms with Crippen molar-refractivity contribution in [1.29, 1.82) is 0 Å². The lowest BCUT2D eigenvalue weighted by molar-refractivity contribution is -0.141. The fraction of sp³-hybridized carbons (Fsp3) is 0.429. The van der Waals surface area contributed by atoms with Gasteiger partial charge in [0.1, 0.15) is 6.61 Å². The molecule has 3 N–H and O–H groups in total. The van der Waals surface area contributed by atoms with Crippen LogP contribution in [0.2, 0.25) is 0 Å². The monoisotopic (exact) mass is 173 g/mol. The molecule has 1 atom stereocenters. The minimum atomic E-state index is -0.839. The highest BCUT2D eigenvalue weighted by Crippen LogP contribution is 1.95. The number of hydrogen-bond acceptors (Lipinski definition) is 4. The summed E-state index contributed by atoms with van der Waals surface area (Å²) in [6, 6.07) is 0. The van der Waals surface area contributed by atoms with Crippen molar-refractivity contribution in [1.82, 2.24) is 0 Å². The molecule has 68 valence electrons. The van der Waals surface area contributed by atoms with E-state index < -0.39 is 24.4 Å². The number of nitrogens with two attached hydrogens (primary N) is 1. The van der Waals surface area contributed by atoms with E-state index in [2.05, 4.69) is 11.3 Å². The summed E-state index contributed by atoms with van der Waals surface area (Å²) in [5, 5.41) is 8.56. The van der Waals surface area contributed by atoms with E-state index >= 15 is 0 Å². The average Bonchev–Trinajstić information content (AvgIpc) is 2.04. The number of carbonyl (C=O) groups excluding carboxylic acids is 2. The van der Waals surface area contributed by atoms with Crippen LogP contribution in [0.1, 0.15) is 0 Å². The molecule has 1 amide bonds. The molecule has 0 aliphatic carbocycles. The van der Waals surface area contributed by atoms with Crippen molar-refractivity contribution in [2.45, 2.75) is 0 Å². The predicted molar refractivity (Wildman–Crippen MR) is 40.9 cm³/mol. The van der Waals surface area contributed by atoms with Gasteiger partial charge in [0.25, 0.3) is 0 Å². The molecular weight excluding hydrogens is 162 g/mol. The SMILES string of the molecule is C=CC(=O)OCC(CO)C(N)=O. The molecule has 5 nitrogen and oxygen atoms in total. The van der Waals surface area contributed by atoms with Crippen LogP contribution in [0.25, 0.3) is 0 Å². The fourth-order valence-corrected chi connectivity index (χ4v) is 0.466. The van der Waals surface area contributed by atoms with Crippen LogP contribution in [0.15, 0.2) is 12.7 Å². The van der Waals surface area contributed by atoms with Crippen LogP contribution in [-0.4, -0.2) is 30.2 Å². The molecule has 0 aromatic rings. The molecule has 0 rings (SSSR count). The maximum absolute atomic E-state index is 10.5. The molecule has 0 aromatic heterocycles. The van der Waals surface area contributed by atoms with Crippen molar-refractivity contribution in [3.8, 4) is 0 Å². The van der Waals surface area contributed by atoms with E-state index in [0.29, 0.717) is 0 Å². The van der Waals surface area contributed by atoms with E-state index in [-0.39, 0.29) is 6.61 Å². The van der Waals surface area contributed by atoms with E-state index in [1.807, 2.05) is 0 Å². The predicted octanol–water partition coefficient (Wildman–Crippen LogP) is -1.19. The third-order valence-corrected chi connectivity index (χ3v) is 1.22. The van der Waals surface area contributed by atoms with Gasteiger partial charge in [0, 0.05) is 6.08 Å². The van der Waals surface area contributed by atoms with Crippen molar-refractivity contribution >= 4 is 11.9 Å².